The topological polar surface area (TPSA) is 69.7 Å². The van der Waals surface area contributed by atoms with Gasteiger partial charge in [-0.25, -0.2) is 9.59 Å². The van der Waals surface area contributed by atoms with Crippen LogP contribution in [0.25, 0.3) is 0 Å². The fraction of sp³-hybridized carbons (Fsp3) is 0.560. The van der Waals surface area contributed by atoms with Gasteiger partial charge in [0, 0.05) is 24.0 Å². The molecule has 0 amide bonds. The lowest BCUT2D eigenvalue weighted by molar-refractivity contribution is -0.141. The molecule has 0 spiro atoms. The molecule has 0 radical (unpaired) electrons. The Morgan fingerprint density at radius 2 is 1.97 bits per heavy atom. The van der Waals surface area contributed by atoms with Crippen LogP contribution in [0.4, 0.5) is 0 Å². The number of esters is 2. The van der Waals surface area contributed by atoms with Crippen LogP contribution in [0.5, 0.6) is 0 Å². The maximum Gasteiger partial charge on any atom is 0.335 e. The number of allylic oxidation sites excluding steroid dienone is 3. The van der Waals surface area contributed by atoms with Gasteiger partial charge in [-0.05, 0) is 75.9 Å². The zero-order chi connectivity index (χ0) is 22.2. The molecule has 1 saturated carbocycles. The van der Waals surface area contributed by atoms with E-state index in [4.69, 9.17) is 9.47 Å². The molecule has 1 heterocycles. The summed E-state index contributed by atoms with van der Waals surface area (Å²) >= 11 is 0. The highest BCUT2D eigenvalue weighted by atomic mass is 16.5. The first-order valence-corrected chi connectivity index (χ1v) is 10.7. The molecule has 3 aliphatic rings. The largest absolute Gasteiger partial charge is 0.454 e. The van der Waals surface area contributed by atoms with Crippen molar-refractivity contribution in [3.8, 4) is 0 Å². The molecule has 0 aromatic carbocycles. The lowest BCUT2D eigenvalue weighted by atomic mass is 9.52. The maximum absolute atomic E-state index is 12.9. The molecule has 1 aliphatic heterocycles. The molecule has 2 aliphatic carbocycles. The van der Waals surface area contributed by atoms with Crippen molar-refractivity contribution < 1.29 is 23.9 Å². The van der Waals surface area contributed by atoms with Gasteiger partial charge in [-0.15, -0.1) is 0 Å². The van der Waals surface area contributed by atoms with Crippen LogP contribution in [0.3, 0.4) is 0 Å². The molecule has 3 rings (SSSR count). The van der Waals surface area contributed by atoms with Gasteiger partial charge in [-0.1, -0.05) is 24.6 Å². The average Bonchev–Trinajstić information content (AvgIpc) is 2.92. The summed E-state index contributed by atoms with van der Waals surface area (Å²) in [4.78, 5) is 36.7. The van der Waals surface area contributed by atoms with Gasteiger partial charge in [0.25, 0.3) is 0 Å². The Labute approximate surface area is 178 Å². The Bertz CT molecular complexity index is 870. The summed E-state index contributed by atoms with van der Waals surface area (Å²) < 4.78 is 11.0. The third-order valence-corrected chi connectivity index (χ3v) is 6.75. The van der Waals surface area contributed by atoms with Crippen LogP contribution in [0.15, 0.2) is 47.3 Å². The Balaban J connectivity index is 2.02. The van der Waals surface area contributed by atoms with Crippen molar-refractivity contribution in [2.45, 2.75) is 66.4 Å². The molecule has 2 bridgehead atoms. The van der Waals surface area contributed by atoms with Crippen LogP contribution >= 0.6 is 0 Å². The summed E-state index contributed by atoms with van der Waals surface area (Å²) in [6.45, 7) is 13.6. The lowest BCUT2D eigenvalue weighted by Crippen LogP contribution is -2.44. The SMILES string of the molecule is C=C(C)[C@@H]1CC[C@]2(C)C[C@H]1C1=C([C@H]2/C=C/OC(=O)C=C(C)C)[C@@H](CC(C)=O)OC1=O. The van der Waals surface area contributed by atoms with E-state index in [1.807, 2.05) is 26.8 Å². The van der Waals surface area contributed by atoms with Crippen molar-refractivity contribution in [1.29, 1.82) is 0 Å². The maximum atomic E-state index is 12.9. The molecule has 0 saturated heterocycles. The summed E-state index contributed by atoms with van der Waals surface area (Å²) in [5.74, 6) is -0.562. The van der Waals surface area contributed by atoms with Gasteiger partial charge in [-0.2, -0.15) is 0 Å². The summed E-state index contributed by atoms with van der Waals surface area (Å²) in [6, 6.07) is 0. The zero-order valence-electron chi connectivity index (χ0n) is 18.6. The molecule has 5 heteroatoms. The van der Waals surface area contributed by atoms with E-state index >= 15 is 0 Å². The molecular formula is C25H32O5. The molecular weight excluding hydrogens is 380 g/mol. The Kier molecular flexibility index (Phi) is 6.21. The van der Waals surface area contributed by atoms with Gasteiger partial charge in [0.2, 0.25) is 0 Å². The van der Waals surface area contributed by atoms with Gasteiger partial charge in [0.15, 0.2) is 0 Å². The summed E-state index contributed by atoms with van der Waals surface area (Å²) in [5.41, 5.74) is 3.46. The molecule has 0 aromatic rings. The third-order valence-electron chi connectivity index (χ3n) is 6.75. The van der Waals surface area contributed by atoms with Gasteiger partial charge >= 0.3 is 11.9 Å². The number of carbonyl (C=O) groups is 3. The lowest BCUT2D eigenvalue weighted by Gasteiger charge is -2.51. The van der Waals surface area contributed by atoms with Crippen molar-refractivity contribution in [3.63, 3.8) is 0 Å². The summed E-state index contributed by atoms with van der Waals surface area (Å²) in [6.07, 6.45) is 7.15. The van der Waals surface area contributed by atoms with E-state index in [-0.39, 0.29) is 41.3 Å². The van der Waals surface area contributed by atoms with Gasteiger partial charge in [0.1, 0.15) is 11.9 Å². The smallest absolute Gasteiger partial charge is 0.335 e. The van der Waals surface area contributed by atoms with Crippen LogP contribution < -0.4 is 0 Å². The normalized spacial score (nSPS) is 32.5. The highest BCUT2D eigenvalue weighted by Gasteiger charge is 2.55. The minimum absolute atomic E-state index is 0.0170. The van der Waals surface area contributed by atoms with Crippen molar-refractivity contribution in [1.82, 2.24) is 0 Å². The number of rotatable bonds is 6. The van der Waals surface area contributed by atoms with Crippen LogP contribution in [-0.4, -0.2) is 23.8 Å². The van der Waals surface area contributed by atoms with Crippen molar-refractivity contribution in [2.75, 3.05) is 0 Å². The number of ether oxygens (including phenoxy) is 2. The summed E-state index contributed by atoms with van der Waals surface area (Å²) in [5, 5.41) is 0. The minimum atomic E-state index is -0.542. The molecule has 1 fully saturated rings. The first-order valence-electron chi connectivity index (χ1n) is 10.7. The number of carbonyl (C=O) groups excluding carboxylic acids is 3. The van der Waals surface area contributed by atoms with E-state index in [9.17, 15) is 14.4 Å². The third kappa shape index (κ3) is 4.21. The van der Waals surface area contributed by atoms with E-state index < -0.39 is 12.1 Å². The van der Waals surface area contributed by atoms with Crippen molar-refractivity contribution in [3.05, 3.63) is 47.3 Å². The molecule has 0 N–H and O–H groups in total. The predicted octanol–water partition coefficient (Wildman–Crippen LogP) is 4.84. The van der Waals surface area contributed by atoms with Crippen LogP contribution in [0, 0.1) is 23.2 Å². The second-order valence-corrected chi connectivity index (χ2v) is 9.59. The van der Waals surface area contributed by atoms with Gasteiger partial charge in [-0.3, -0.25) is 4.79 Å². The highest BCUT2D eigenvalue weighted by Crippen LogP contribution is 2.60. The number of hydrogen-bond acceptors (Lipinski definition) is 5. The van der Waals surface area contributed by atoms with E-state index in [1.165, 1.54) is 19.3 Å². The fourth-order valence-electron chi connectivity index (χ4n) is 5.47. The van der Waals surface area contributed by atoms with Crippen molar-refractivity contribution in [2.24, 2.45) is 23.2 Å². The Hall–Kier alpha value is -2.43. The molecule has 5 nitrogen and oxygen atoms in total. The highest BCUT2D eigenvalue weighted by molar-refractivity contribution is 5.94. The van der Waals surface area contributed by atoms with Crippen molar-refractivity contribution >= 4 is 17.7 Å². The predicted molar refractivity (Wildman–Crippen MR) is 114 cm³/mol. The summed E-state index contributed by atoms with van der Waals surface area (Å²) in [7, 11) is 0. The zero-order valence-corrected chi connectivity index (χ0v) is 18.6. The number of fused-ring (bicyclic) bond motifs is 3. The van der Waals surface area contributed by atoms with E-state index in [0.29, 0.717) is 0 Å². The molecule has 0 unspecified atom stereocenters. The molecule has 5 atom stereocenters. The number of cyclic esters (lactones) is 1. The second kappa shape index (κ2) is 8.37. The molecule has 30 heavy (non-hydrogen) atoms. The van der Waals surface area contributed by atoms with Crippen LogP contribution in [0.2, 0.25) is 0 Å². The minimum Gasteiger partial charge on any atom is -0.454 e. The van der Waals surface area contributed by atoms with E-state index in [1.54, 1.807) is 0 Å². The number of Topliss-reactive ketones (excluding diaryl/α,β-unsaturated/α-hetero) is 1. The molecule has 0 aromatic heterocycles. The second-order valence-electron chi connectivity index (χ2n) is 9.59. The Morgan fingerprint density at radius 3 is 2.57 bits per heavy atom. The van der Waals surface area contributed by atoms with Gasteiger partial charge in [0.05, 0.1) is 6.26 Å². The number of ketones is 1. The van der Waals surface area contributed by atoms with Crippen LogP contribution in [-0.2, 0) is 23.9 Å². The van der Waals surface area contributed by atoms with Crippen LogP contribution in [0.1, 0.15) is 60.3 Å². The Morgan fingerprint density at radius 1 is 1.27 bits per heavy atom. The average molecular weight is 413 g/mol. The first-order chi connectivity index (χ1) is 14.0. The number of hydrogen-bond donors (Lipinski definition) is 0. The van der Waals surface area contributed by atoms with Gasteiger partial charge < -0.3 is 9.47 Å². The fourth-order valence-corrected chi connectivity index (χ4v) is 5.47. The molecule has 162 valence electrons. The van der Waals surface area contributed by atoms with E-state index in [2.05, 4.69) is 13.5 Å². The standard InChI is InChI=1S/C25H32O5/c1-14(2)11-21(27)29-10-8-19-23-20(12-16(5)26)30-24(28)22(23)18-13-25(19,6)9-7-17(18)15(3)4/h8,10-11,17-20H,3,7,9,12-13H2,1-2,4-6H3/b10-8+/t17-,18+,19+,20+,25+/m0/s1. The van der Waals surface area contributed by atoms with E-state index in [0.717, 1.165) is 41.6 Å². The quantitative estimate of drug-likeness (QED) is 0.270. The first kappa shape index (κ1) is 22.3. The monoisotopic (exact) mass is 412 g/mol.